The van der Waals surface area contributed by atoms with Crippen molar-refractivity contribution in [3.8, 4) is 0 Å². The van der Waals surface area contributed by atoms with Gasteiger partial charge in [0.1, 0.15) is 5.82 Å². The fourth-order valence-electron chi connectivity index (χ4n) is 2.88. The first kappa shape index (κ1) is 18.6. The van der Waals surface area contributed by atoms with Gasteiger partial charge in [-0.2, -0.15) is 0 Å². The average Bonchev–Trinajstić information content (AvgIpc) is 2.43. The minimum atomic E-state index is -0.400. The molecule has 2 rings (SSSR count). The Kier molecular flexibility index (Phi) is 5.14. The molecule has 0 aliphatic heterocycles. The summed E-state index contributed by atoms with van der Waals surface area (Å²) in [7, 11) is 0. The van der Waals surface area contributed by atoms with Gasteiger partial charge in [0.05, 0.1) is 6.04 Å². The molecule has 2 aromatic rings. The second kappa shape index (κ2) is 6.64. The van der Waals surface area contributed by atoms with Crippen LogP contribution in [0.25, 0.3) is 10.8 Å². The van der Waals surface area contributed by atoms with Crippen molar-refractivity contribution in [1.82, 2.24) is 5.32 Å². The minimum absolute atomic E-state index is 0.147. The topological polar surface area (TPSA) is 29.1 Å². The zero-order valence-electron chi connectivity index (χ0n) is 15.5. The number of hydrogen-bond donors (Lipinski definition) is 1. The Labute approximate surface area is 144 Å². The maximum atomic E-state index is 13.3. The molecule has 2 nitrogen and oxygen atoms in total. The lowest BCUT2D eigenvalue weighted by molar-refractivity contribution is -0.128. The summed E-state index contributed by atoms with van der Waals surface area (Å²) in [5.41, 5.74) is 0.530. The molecule has 1 N–H and O–H groups in total. The summed E-state index contributed by atoms with van der Waals surface area (Å²) in [6.07, 6.45) is 0.626. The van der Waals surface area contributed by atoms with Crippen molar-refractivity contribution in [2.75, 3.05) is 0 Å². The van der Waals surface area contributed by atoms with Gasteiger partial charge >= 0.3 is 0 Å². The average molecular weight is 329 g/mol. The van der Waals surface area contributed by atoms with Crippen LogP contribution in [0.5, 0.6) is 0 Å². The Morgan fingerprint density at radius 1 is 1.00 bits per heavy atom. The lowest BCUT2D eigenvalue weighted by atomic mass is 9.83. The highest BCUT2D eigenvalue weighted by molar-refractivity contribution is 5.89. The second-order valence-corrected chi connectivity index (χ2v) is 8.59. The number of rotatable bonds is 4. The van der Waals surface area contributed by atoms with Gasteiger partial charge in [-0.15, -0.1) is 0 Å². The number of hydrogen-bond acceptors (Lipinski definition) is 2. The van der Waals surface area contributed by atoms with E-state index in [4.69, 9.17) is 0 Å². The number of Topliss-reactive ketones (excluding diaryl/α,β-unsaturated/α-hetero) is 1. The van der Waals surface area contributed by atoms with E-state index in [1.165, 1.54) is 12.1 Å². The molecule has 24 heavy (non-hydrogen) atoms. The van der Waals surface area contributed by atoms with Crippen LogP contribution in [0.4, 0.5) is 4.39 Å². The van der Waals surface area contributed by atoms with E-state index in [-0.39, 0.29) is 23.2 Å². The molecule has 1 atom stereocenters. The van der Waals surface area contributed by atoms with Gasteiger partial charge in [0.2, 0.25) is 0 Å². The van der Waals surface area contributed by atoms with Crippen LogP contribution in [0.3, 0.4) is 0 Å². The summed E-state index contributed by atoms with van der Waals surface area (Å²) in [5, 5.41) is 5.33. The number of halogens is 1. The highest BCUT2D eigenvalue weighted by atomic mass is 19.1. The fourth-order valence-corrected chi connectivity index (χ4v) is 2.88. The highest BCUT2D eigenvalue weighted by Gasteiger charge is 2.32. The Hall–Kier alpha value is -1.74. The fraction of sp³-hybridized carbons (Fsp3) is 0.476. The molecule has 130 valence electrons. The van der Waals surface area contributed by atoms with Crippen molar-refractivity contribution < 1.29 is 9.18 Å². The van der Waals surface area contributed by atoms with Crippen molar-refractivity contribution in [1.29, 1.82) is 0 Å². The molecule has 0 saturated heterocycles. The number of carbonyl (C=O) groups excluding carboxylic acids is 1. The van der Waals surface area contributed by atoms with Gasteiger partial charge in [0.15, 0.2) is 5.78 Å². The summed E-state index contributed by atoms with van der Waals surface area (Å²) >= 11 is 0. The Balaban J connectivity index is 2.31. The Morgan fingerprint density at radius 3 is 2.17 bits per heavy atom. The van der Waals surface area contributed by atoms with E-state index in [9.17, 15) is 9.18 Å². The van der Waals surface area contributed by atoms with Gasteiger partial charge < -0.3 is 5.32 Å². The summed E-state index contributed by atoms with van der Waals surface area (Å²) in [4.78, 5) is 12.8. The molecular formula is C21H28FNO. The maximum absolute atomic E-state index is 13.3. The monoisotopic (exact) mass is 329 g/mol. The molecule has 0 aliphatic rings. The van der Waals surface area contributed by atoms with Crippen LogP contribution in [-0.4, -0.2) is 17.4 Å². The number of ketones is 1. The summed E-state index contributed by atoms with van der Waals surface area (Å²) in [6.45, 7) is 12.1. The van der Waals surface area contributed by atoms with Crippen LogP contribution in [0.15, 0.2) is 36.4 Å². The summed E-state index contributed by atoms with van der Waals surface area (Å²) in [5.74, 6) is -0.0259. The predicted octanol–water partition coefficient (Wildman–Crippen LogP) is 4.89. The molecule has 0 saturated carbocycles. The molecular weight excluding hydrogens is 301 g/mol. The molecule has 0 amide bonds. The number of carbonyl (C=O) groups is 1. The van der Waals surface area contributed by atoms with Gasteiger partial charge in [-0.05, 0) is 55.7 Å². The second-order valence-electron chi connectivity index (χ2n) is 8.59. The molecule has 0 heterocycles. The molecule has 2 aromatic carbocycles. The molecule has 0 aliphatic carbocycles. The molecule has 0 bridgehead atoms. The van der Waals surface area contributed by atoms with Gasteiger partial charge in [0.25, 0.3) is 0 Å². The minimum Gasteiger partial charge on any atom is -0.302 e. The van der Waals surface area contributed by atoms with Crippen LogP contribution in [0.1, 0.15) is 47.1 Å². The van der Waals surface area contributed by atoms with E-state index in [0.29, 0.717) is 6.42 Å². The van der Waals surface area contributed by atoms with Gasteiger partial charge in [0, 0.05) is 11.0 Å². The normalized spacial score (nSPS) is 14.0. The zero-order valence-corrected chi connectivity index (χ0v) is 15.5. The van der Waals surface area contributed by atoms with Gasteiger partial charge in [-0.1, -0.05) is 45.0 Å². The molecule has 0 fully saturated rings. The first-order valence-corrected chi connectivity index (χ1v) is 8.46. The third kappa shape index (κ3) is 4.88. The molecule has 0 spiro atoms. The Bertz CT molecular complexity index is 738. The quantitative estimate of drug-likeness (QED) is 0.865. The predicted molar refractivity (Wildman–Crippen MR) is 98.7 cm³/mol. The third-order valence-electron chi connectivity index (χ3n) is 3.97. The first-order valence-electron chi connectivity index (χ1n) is 8.46. The van der Waals surface area contributed by atoms with Crippen molar-refractivity contribution in [2.45, 2.75) is 59.5 Å². The Morgan fingerprint density at radius 2 is 1.58 bits per heavy atom. The van der Waals surface area contributed by atoms with Crippen LogP contribution < -0.4 is 5.32 Å². The van der Waals surface area contributed by atoms with E-state index < -0.39 is 5.41 Å². The zero-order chi connectivity index (χ0) is 18.1. The van der Waals surface area contributed by atoms with Crippen molar-refractivity contribution in [3.63, 3.8) is 0 Å². The van der Waals surface area contributed by atoms with E-state index in [0.717, 1.165) is 16.3 Å². The van der Waals surface area contributed by atoms with Crippen molar-refractivity contribution >= 4 is 16.6 Å². The molecule has 1 unspecified atom stereocenters. The van der Waals surface area contributed by atoms with E-state index >= 15 is 0 Å². The lowest BCUT2D eigenvalue weighted by Gasteiger charge is -2.32. The SMILES string of the molecule is CC(C)(C)NC(Cc1ccc2cc(F)ccc2c1)C(=O)C(C)(C)C. The highest BCUT2D eigenvalue weighted by Crippen LogP contribution is 2.23. The third-order valence-corrected chi connectivity index (χ3v) is 3.97. The van der Waals surface area contributed by atoms with Crippen molar-refractivity contribution in [2.24, 2.45) is 5.41 Å². The van der Waals surface area contributed by atoms with Crippen LogP contribution in [0, 0.1) is 11.2 Å². The standard InChI is InChI=1S/C21H28FNO/c1-20(2,3)19(24)18(23-21(4,5)6)12-14-7-8-16-13-17(22)10-9-15(16)11-14/h7-11,13,18,23H,12H2,1-6H3. The maximum Gasteiger partial charge on any atom is 0.155 e. The number of benzene rings is 2. The molecule has 0 radical (unpaired) electrons. The largest absolute Gasteiger partial charge is 0.302 e. The molecule has 0 aromatic heterocycles. The van der Waals surface area contributed by atoms with Gasteiger partial charge in [-0.25, -0.2) is 4.39 Å². The van der Waals surface area contributed by atoms with E-state index in [1.807, 2.05) is 39.0 Å². The summed E-state index contributed by atoms with van der Waals surface area (Å²) < 4.78 is 13.3. The smallest absolute Gasteiger partial charge is 0.155 e. The molecule has 3 heteroatoms. The van der Waals surface area contributed by atoms with Crippen molar-refractivity contribution in [3.05, 3.63) is 47.8 Å². The summed E-state index contributed by atoms with van der Waals surface area (Å²) in [6, 6.07) is 10.5. The van der Waals surface area contributed by atoms with E-state index in [1.54, 1.807) is 6.07 Å². The van der Waals surface area contributed by atoms with E-state index in [2.05, 4.69) is 26.1 Å². The number of nitrogens with one attached hydrogen (secondary N) is 1. The first-order chi connectivity index (χ1) is 11.0. The van der Waals surface area contributed by atoms with Gasteiger partial charge in [-0.3, -0.25) is 4.79 Å². The lowest BCUT2D eigenvalue weighted by Crippen LogP contribution is -2.51. The van der Waals surface area contributed by atoms with Crippen LogP contribution in [0.2, 0.25) is 0 Å². The number of fused-ring (bicyclic) bond motifs is 1. The van der Waals surface area contributed by atoms with Crippen LogP contribution in [-0.2, 0) is 11.2 Å². The van der Waals surface area contributed by atoms with Crippen LogP contribution >= 0.6 is 0 Å².